The maximum atomic E-state index is 11.4. The highest BCUT2D eigenvalue weighted by Gasteiger charge is 2.10. The number of rotatable bonds is 5. The summed E-state index contributed by atoms with van der Waals surface area (Å²) in [5.41, 5.74) is 0.418. The average Bonchev–Trinajstić information content (AvgIpc) is 2.72. The molecular formula is C9H15N3OS. The van der Waals surface area contributed by atoms with Crippen LogP contribution in [0.1, 0.15) is 37.2 Å². The maximum absolute atomic E-state index is 11.4. The second kappa shape index (κ2) is 5.70. The third-order valence-electron chi connectivity index (χ3n) is 2.30. The van der Waals surface area contributed by atoms with Crippen LogP contribution in [0, 0.1) is 5.92 Å². The van der Waals surface area contributed by atoms with Gasteiger partial charge >= 0.3 is 0 Å². The zero-order chi connectivity index (χ0) is 10.4. The van der Waals surface area contributed by atoms with E-state index in [2.05, 4.69) is 28.8 Å². The van der Waals surface area contributed by atoms with E-state index in [1.165, 1.54) is 11.5 Å². The normalized spacial score (nSPS) is 10.5. The molecule has 1 aromatic heterocycles. The van der Waals surface area contributed by atoms with Gasteiger partial charge in [-0.1, -0.05) is 31.2 Å². The van der Waals surface area contributed by atoms with Crippen molar-refractivity contribution in [1.82, 2.24) is 14.9 Å². The van der Waals surface area contributed by atoms with Crippen LogP contribution in [0.2, 0.25) is 0 Å². The Kier molecular flexibility index (Phi) is 4.52. The number of amides is 1. The molecule has 1 aromatic rings. The minimum atomic E-state index is -0.120. The SMILES string of the molecule is CCC(CC)CNC(=O)c1csnn1. The summed E-state index contributed by atoms with van der Waals surface area (Å²) in [4.78, 5) is 11.4. The predicted molar refractivity (Wildman–Crippen MR) is 56.3 cm³/mol. The molecule has 0 radical (unpaired) electrons. The Hall–Kier alpha value is -0.970. The van der Waals surface area contributed by atoms with Crippen molar-refractivity contribution in [2.24, 2.45) is 5.92 Å². The molecule has 0 bridgehead atoms. The van der Waals surface area contributed by atoms with Gasteiger partial charge in [0.1, 0.15) is 0 Å². The highest BCUT2D eigenvalue weighted by molar-refractivity contribution is 7.03. The summed E-state index contributed by atoms with van der Waals surface area (Å²) in [6.45, 7) is 4.98. The van der Waals surface area contributed by atoms with Crippen molar-refractivity contribution in [1.29, 1.82) is 0 Å². The number of aromatic nitrogens is 2. The summed E-state index contributed by atoms with van der Waals surface area (Å²) in [5.74, 6) is 0.441. The molecule has 1 heterocycles. The van der Waals surface area contributed by atoms with Crippen LogP contribution in [0.25, 0.3) is 0 Å². The van der Waals surface area contributed by atoms with Gasteiger partial charge in [-0.15, -0.1) is 5.10 Å². The fourth-order valence-corrected chi connectivity index (χ4v) is 1.60. The summed E-state index contributed by atoms with van der Waals surface area (Å²) in [6.07, 6.45) is 2.18. The molecular weight excluding hydrogens is 198 g/mol. The van der Waals surface area contributed by atoms with Crippen LogP contribution in [-0.2, 0) is 0 Å². The van der Waals surface area contributed by atoms with Crippen LogP contribution in [-0.4, -0.2) is 22.0 Å². The first-order valence-corrected chi connectivity index (χ1v) is 5.66. The van der Waals surface area contributed by atoms with Gasteiger partial charge in [0, 0.05) is 11.9 Å². The molecule has 14 heavy (non-hydrogen) atoms. The first-order valence-electron chi connectivity index (χ1n) is 4.83. The van der Waals surface area contributed by atoms with E-state index in [0.29, 0.717) is 11.6 Å². The maximum Gasteiger partial charge on any atom is 0.272 e. The largest absolute Gasteiger partial charge is 0.350 e. The first-order chi connectivity index (χ1) is 6.77. The summed E-state index contributed by atoms with van der Waals surface area (Å²) < 4.78 is 3.64. The zero-order valence-corrected chi connectivity index (χ0v) is 9.30. The lowest BCUT2D eigenvalue weighted by Gasteiger charge is -2.11. The smallest absolute Gasteiger partial charge is 0.272 e. The number of hydrogen-bond acceptors (Lipinski definition) is 4. The molecule has 0 saturated carbocycles. The van der Waals surface area contributed by atoms with Crippen LogP contribution in [0.4, 0.5) is 0 Å². The fourth-order valence-electron chi connectivity index (χ4n) is 1.17. The van der Waals surface area contributed by atoms with E-state index in [1.807, 2.05) is 0 Å². The Morgan fingerprint density at radius 2 is 2.29 bits per heavy atom. The summed E-state index contributed by atoms with van der Waals surface area (Å²) in [7, 11) is 0. The lowest BCUT2D eigenvalue weighted by molar-refractivity contribution is 0.0941. The van der Waals surface area contributed by atoms with Crippen molar-refractivity contribution in [3.8, 4) is 0 Å². The Morgan fingerprint density at radius 3 is 2.79 bits per heavy atom. The van der Waals surface area contributed by atoms with Gasteiger partial charge in [-0.2, -0.15) is 0 Å². The molecule has 0 fully saturated rings. The standard InChI is InChI=1S/C9H15N3OS/c1-3-7(4-2)5-10-9(13)8-6-14-12-11-8/h6-7H,3-5H2,1-2H3,(H,10,13). The van der Waals surface area contributed by atoms with E-state index in [0.717, 1.165) is 19.4 Å². The predicted octanol–water partition coefficient (Wildman–Crippen LogP) is 1.70. The molecule has 0 aliphatic heterocycles. The van der Waals surface area contributed by atoms with Crippen LogP contribution in [0.15, 0.2) is 5.38 Å². The van der Waals surface area contributed by atoms with E-state index in [4.69, 9.17) is 0 Å². The van der Waals surface area contributed by atoms with Gasteiger partial charge in [0.05, 0.1) is 0 Å². The summed E-state index contributed by atoms with van der Waals surface area (Å²) >= 11 is 1.19. The number of carbonyl (C=O) groups is 1. The van der Waals surface area contributed by atoms with Gasteiger partial charge < -0.3 is 5.32 Å². The zero-order valence-electron chi connectivity index (χ0n) is 8.49. The van der Waals surface area contributed by atoms with Gasteiger partial charge in [0.25, 0.3) is 5.91 Å². The Morgan fingerprint density at radius 1 is 1.57 bits per heavy atom. The van der Waals surface area contributed by atoms with Gasteiger partial charge in [0.2, 0.25) is 0 Å². The molecule has 5 heteroatoms. The van der Waals surface area contributed by atoms with Crippen molar-refractivity contribution in [2.75, 3.05) is 6.54 Å². The minimum Gasteiger partial charge on any atom is -0.350 e. The van der Waals surface area contributed by atoms with Crippen molar-refractivity contribution in [3.63, 3.8) is 0 Å². The van der Waals surface area contributed by atoms with Crippen LogP contribution < -0.4 is 5.32 Å². The number of hydrogen-bond donors (Lipinski definition) is 1. The second-order valence-corrected chi connectivity index (χ2v) is 3.79. The van der Waals surface area contributed by atoms with Crippen LogP contribution in [0.5, 0.6) is 0 Å². The van der Waals surface area contributed by atoms with E-state index >= 15 is 0 Å². The van der Waals surface area contributed by atoms with Crippen molar-refractivity contribution < 1.29 is 4.79 Å². The topological polar surface area (TPSA) is 54.9 Å². The average molecular weight is 213 g/mol. The van der Waals surface area contributed by atoms with Gasteiger partial charge in [-0.3, -0.25) is 4.79 Å². The molecule has 1 rings (SSSR count). The molecule has 4 nitrogen and oxygen atoms in total. The van der Waals surface area contributed by atoms with Gasteiger partial charge in [-0.25, -0.2) is 0 Å². The van der Waals surface area contributed by atoms with Crippen LogP contribution >= 0.6 is 11.5 Å². The molecule has 0 spiro atoms. The highest BCUT2D eigenvalue weighted by atomic mass is 32.1. The highest BCUT2D eigenvalue weighted by Crippen LogP contribution is 2.05. The first kappa shape index (κ1) is 11.1. The molecule has 1 N–H and O–H groups in total. The Bertz CT molecular complexity index is 270. The van der Waals surface area contributed by atoms with Crippen molar-refractivity contribution >= 4 is 17.4 Å². The van der Waals surface area contributed by atoms with Crippen LogP contribution in [0.3, 0.4) is 0 Å². The van der Waals surface area contributed by atoms with Gasteiger partial charge in [0.15, 0.2) is 5.69 Å². The molecule has 0 aliphatic carbocycles. The molecule has 0 unspecified atom stereocenters. The molecule has 78 valence electrons. The van der Waals surface area contributed by atoms with Gasteiger partial charge in [-0.05, 0) is 17.5 Å². The Balaban J connectivity index is 2.35. The summed E-state index contributed by atoms with van der Waals surface area (Å²) in [6, 6.07) is 0. The quantitative estimate of drug-likeness (QED) is 0.810. The number of nitrogens with zero attached hydrogens (tertiary/aromatic N) is 2. The number of nitrogens with one attached hydrogen (secondary N) is 1. The molecule has 0 aliphatic rings. The van der Waals surface area contributed by atoms with E-state index in [-0.39, 0.29) is 5.91 Å². The van der Waals surface area contributed by atoms with Crippen molar-refractivity contribution in [2.45, 2.75) is 26.7 Å². The van der Waals surface area contributed by atoms with E-state index in [9.17, 15) is 4.79 Å². The Labute approximate surface area is 87.9 Å². The molecule has 0 atom stereocenters. The summed E-state index contributed by atoms with van der Waals surface area (Å²) in [5, 5.41) is 8.21. The lowest BCUT2D eigenvalue weighted by Crippen LogP contribution is -2.29. The number of carbonyl (C=O) groups excluding carboxylic acids is 1. The molecule has 0 aromatic carbocycles. The molecule has 1 amide bonds. The fraction of sp³-hybridized carbons (Fsp3) is 0.667. The third-order valence-corrected chi connectivity index (χ3v) is 2.80. The molecule has 0 saturated heterocycles. The third kappa shape index (κ3) is 3.06. The monoisotopic (exact) mass is 213 g/mol. The van der Waals surface area contributed by atoms with E-state index < -0.39 is 0 Å². The lowest BCUT2D eigenvalue weighted by atomic mass is 10.0. The van der Waals surface area contributed by atoms with E-state index in [1.54, 1.807) is 5.38 Å². The minimum absolute atomic E-state index is 0.120. The van der Waals surface area contributed by atoms with Crippen molar-refractivity contribution in [3.05, 3.63) is 11.1 Å². The second-order valence-electron chi connectivity index (χ2n) is 3.18.